The summed E-state index contributed by atoms with van der Waals surface area (Å²) in [6.07, 6.45) is 1.74. The Morgan fingerprint density at radius 1 is 1.58 bits per heavy atom. The molecule has 1 amide bonds. The zero-order chi connectivity index (χ0) is 13.8. The summed E-state index contributed by atoms with van der Waals surface area (Å²) in [7, 11) is 0. The number of aliphatic hydroxyl groups excluding tert-OH is 1. The van der Waals surface area contributed by atoms with Crippen LogP contribution in [-0.4, -0.2) is 33.6 Å². The molecule has 0 saturated carbocycles. The minimum Gasteiger partial charge on any atom is -0.394 e. The van der Waals surface area contributed by atoms with Gasteiger partial charge in [0.05, 0.1) is 6.61 Å². The Bertz CT molecular complexity index is 567. The molecule has 0 saturated heterocycles. The van der Waals surface area contributed by atoms with Gasteiger partial charge in [-0.25, -0.2) is 4.98 Å². The number of thiazole rings is 1. The lowest BCUT2D eigenvalue weighted by atomic mass is 10.3. The third-order valence-corrected chi connectivity index (χ3v) is 3.34. The Kier molecular flexibility index (Phi) is 4.20. The number of carbonyl (C=O) groups is 1. The van der Waals surface area contributed by atoms with Crippen molar-refractivity contribution >= 4 is 23.1 Å². The van der Waals surface area contributed by atoms with Crippen LogP contribution >= 0.6 is 11.3 Å². The van der Waals surface area contributed by atoms with Crippen molar-refractivity contribution in [2.75, 3.05) is 11.9 Å². The molecule has 0 aliphatic heterocycles. The molecule has 100 valence electrons. The second kappa shape index (κ2) is 5.87. The quantitative estimate of drug-likeness (QED) is 0.767. The Balaban J connectivity index is 2.11. The van der Waals surface area contributed by atoms with Crippen molar-refractivity contribution < 1.29 is 9.90 Å². The van der Waals surface area contributed by atoms with Crippen molar-refractivity contribution in [2.24, 2.45) is 5.73 Å². The number of carbonyl (C=O) groups excluding carboxylic acids is 1. The molecule has 2 heterocycles. The fourth-order valence-electron chi connectivity index (χ4n) is 1.36. The van der Waals surface area contributed by atoms with Gasteiger partial charge in [0.1, 0.15) is 16.9 Å². The maximum atomic E-state index is 11.5. The van der Waals surface area contributed by atoms with E-state index in [0.717, 1.165) is 16.3 Å². The molecule has 7 heteroatoms. The van der Waals surface area contributed by atoms with Crippen LogP contribution in [-0.2, 0) is 4.79 Å². The summed E-state index contributed by atoms with van der Waals surface area (Å²) in [5, 5.41) is 13.8. The van der Waals surface area contributed by atoms with Crippen molar-refractivity contribution in [3.63, 3.8) is 0 Å². The molecular weight excluding hydrogens is 264 g/mol. The van der Waals surface area contributed by atoms with Crippen LogP contribution in [0, 0.1) is 6.92 Å². The van der Waals surface area contributed by atoms with Crippen LogP contribution in [0.15, 0.2) is 23.7 Å². The van der Waals surface area contributed by atoms with Crippen molar-refractivity contribution in [3.05, 3.63) is 29.4 Å². The van der Waals surface area contributed by atoms with Gasteiger partial charge in [-0.2, -0.15) is 0 Å². The lowest BCUT2D eigenvalue weighted by molar-refractivity contribution is -0.118. The summed E-state index contributed by atoms with van der Waals surface area (Å²) in [6.45, 7) is 1.51. The smallest absolute Gasteiger partial charge is 0.244 e. The highest BCUT2D eigenvalue weighted by Gasteiger charge is 2.14. The third-order valence-electron chi connectivity index (χ3n) is 2.45. The van der Waals surface area contributed by atoms with Crippen LogP contribution < -0.4 is 11.1 Å². The molecular formula is C12H14N4O2S. The first-order valence-electron chi connectivity index (χ1n) is 5.66. The molecule has 2 rings (SSSR count). The van der Waals surface area contributed by atoms with E-state index in [1.807, 2.05) is 19.1 Å². The Hall–Kier alpha value is -1.83. The molecule has 0 bridgehead atoms. The monoisotopic (exact) mass is 278 g/mol. The van der Waals surface area contributed by atoms with Crippen molar-refractivity contribution in [1.82, 2.24) is 9.97 Å². The van der Waals surface area contributed by atoms with Gasteiger partial charge in [0, 0.05) is 22.8 Å². The van der Waals surface area contributed by atoms with Crippen LogP contribution in [0.4, 0.5) is 5.82 Å². The number of hydrogen-bond acceptors (Lipinski definition) is 6. The van der Waals surface area contributed by atoms with Gasteiger partial charge in [-0.3, -0.25) is 9.78 Å². The molecule has 2 aromatic rings. The van der Waals surface area contributed by atoms with Crippen LogP contribution in [0.2, 0.25) is 0 Å². The van der Waals surface area contributed by atoms with Crippen LogP contribution in [0.5, 0.6) is 0 Å². The van der Waals surface area contributed by atoms with E-state index >= 15 is 0 Å². The second-order valence-corrected chi connectivity index (χ2v) is 4.86. The van der Waals surface area contributed by atoms with Gasteiger partial charge in [-0.05, 0) is 19.1 Å². The average Bonchev–Trinajstić information content (AvgIpc) is 2.87. The molecule has 0 aliphatic rings. The van der Waals surface area contributed by atoms with Gasteiger partial charge in [0.25, 0.3) is 0 Å². The first kappa shape index (κ1) is 13.6. The van der Waals surface area contributed by atoms with Crippen molar-refractivity contribution in [2.45, 2.75) is 13.0 Å². The minimum absolute atomic E-state index is 0.398. The van der Waals surface area contributed by atoms with Gasteiger partial charge < -0.3 is 16.2 Å². The predicted molar refractivity (Wildman–Crippen MR) is 73.8 cm³/mol. The number of nitrogens with one attached hydrogen (secondary N) is 1. The van der Waals surface area contributed by atoms with Crippen molar-refractivity contribution in [3.8, 4) is 10.6 Å². The van der Waals surface area contributed by atoms with E-state index in [-0.39, 0.29) is 0 Å². The number of aromatic nitrogens is 2. The summed E-state index contributed by atoms with van der Waals surface area (Å²) >= 11 is 1.40. The van der Waals surface area contributed by atoms with Gasteiger partial charge in [-0.1, -0.05) is 0 Å². The Labute approximate surface area is 114 Å². The van der Waals surface area contributed by atoms with Crippen LogP contribution in [0.1, 0.15) is 5.69 Å². The van der Waals surface area contributed by atoms with Gasteiger partial charge in [-0.15, -0.1) is 11.3 Å². The van der Waals surface area contributed by atoms with E-state index in [9.17, 15) is 4.79 Å². The van der Waals surface area contributed by atoms with Gasteiger partial charge in [0.2, 0.25) is 5.91 Å². The van der Waals surface area contributed by atoms with Crippen LogP contribution in [0.25, 0.3) is 10.6 Å². The highest BCUT2D eigenvalue weighted by Crippen LogP contribution is 2.25. The standard InChI is InChI=1S/C12H14N4O2S/c1-7-2-3-8(4-14-7)12-16-10(6-19-12)15-11(18)9(13)5-17/h2-4,6,9,17H,5,13H2,1H3,(H,15,18)/t9-/m0/s1. The number of aryl methyl sites for hydroxylation is 1. The Morgan fingerprint density at radius 2 is 2.37 bits per heavy atom. The highest BCUT2D eigenvalue weighted by atomic mass is 32.1. The molecule has 0 unspecified atom stereocenters. The molecule has 0 aromatic carbocycles. The normalized spacial score (nSPS) is 12.2. The van der Waals surface area contributed by atoms with E-state index in [1.165, 1.54) is 11.3 Å². The summed E-state index contributed by atoms with van der Waals surface area (Å²) in [5.41, 5.74) is 7.23. The first-order chi connectivity index (χ1) is 9.10. The van der Waals surface area contributed by atoms with E-state index in [2.05, 4.69) is 15.3 Å². The molecule has 0 radical (unpaired) electrons. The summed E-state index contributed by atoms with van der Waals surface area (Å²) in [4.78, 5) is 20.0. The first-order valence-corrected chi connectivity index (χ1v) is 6.54. The Morgan fingerprint density at radius 3 is 3.00 bits per heavy atom. The number of hydrogen-bond donors (Lipinski definition) is 3. The van der Waals surface area contributed by atoms with E-state index in [1.54, 1.807) is 11.6 Å². The number of amides is 1. The predicted octanol–water partition coefficient (Wildman–Crippen LogP) is 0.772. The topological polar surface area (TPSA) is 101 Å². The lowest BCUT2D eigenvalue weighted by Crippen LogP contribution is -2.38. The number of pyridine rings is 1. The average molecular weight is 278 g/mol. The molecule has 0 aliphatic carbocycles. The summed E-state index contributed by atoms with van der Waals surface area (Å²) in [6, 6.07) is 2.88. The molecule has 4 N–H and O–H groups in total. The van der Waals surface area contributed by atoms with Crippen LogP contribution in [0.3, 0.4) is 0 Å². The SMILES string of the molecule is Cc1ccc(-c2nc(NC(=O)[C@@H](N)CO)cs2)cn1. The number of nitrogens with zero attached hydrogens (tertiary/aromatic N) is 2. The maximum Gasteiger partial charge on any atom is 0.244 e. The fraction of sp³-hybridized carbons (Fsp3) is 0.250. The lowest BCUT2D eigenvalue weighted by Gasteiger charge is -2.06. The van der Waals surface area contributed by atoms with E-state index in [0.29, 0.717) is 5.82 Å². The molecule has 6 nitrogen and oxygen atoms in total. The third kappa shape index (κ3) is 3.34. The maximum absolute atomic E-state index is 11.5. The molecule has 1 atom stereocenters. The van der Waals surface area contributed by atoms with Gasteiger partial charge in [0.15, 0.2) is 0 Å². The highest BCUT2D eigenvalue weighted by molar-refractivity contribution is 7.13. The second-order valence-electron chi connectivity index (χ2n) is 4.00. The number of aliphatic hydroxyl groups is 1. The molecule has 2 aromatic heterocycles. The summed E-state index contributed by atoms with van der Waals surface area (Å²) < 4.78 is 0. The summed E-state index contributed by atoms with van der Waals surface area (Å²) in [5.74, 6) is -0.0316. The molecule has 0 spiro atoms. The largest absolute Gasteiger partial charge is 0.394 e. The number of nitrogens with two attached hydrogens (primary N) is 1. The fourth-order valence-corrected chi connectivity index (χ4v) is 2.10. The molecule has 0 fully saturated rings. The zero-order valence-corrected chi connectivity index (χ0v) is 11.1. The zero-order valence-electron chi connectivity index (χ0n) is 10.3. The van der Waals surface area contributed by atoms with E-state index < -0.39 is 18.6 Å². The minimum atomic E-state index is -0.939. The number of anilines is 1. The number of rotatable bonds is 4. The molecule has 19 heavy (non-hydrogen) atoms. The van der Waals surface area contributed by atoms with Crippen molar-refractivity contribution in [1.29, 1.82) is 0 Å². The van der Waals surface area contributed by atoms with Gasteiger partial charge >= 0.3 is 0 Å². The van der Waals surface area contributed by atoms with E-state index in [4.69, 9.17) is 10.8 Å².